The molecule has 1 unspecified atom stereocenters. The van der Waals surface area contributed by atoms with Gasteiger partial charge in [-0.25, -0.2) is 0 Å². The molecule has 1 nitrogen and oxygen atoms in total. The standard InChI is InChI=1S/C14H15BrClNS/c1-10(14-4-3-7-18-14)17(2)13-8-12(16)6-5-11(13)9-15/h3-8,10H,9H2,1-2H3. The van der Waals surface area contributed by atoms with Crippen molar-refractivity contribution in [2.24, 2.45) is 0 Å². The van der Waals surface area contributed by atoms with E-state index in [0.29, 0.717) is 6.04 Å². The van der Waals surface area contributed by atoms with Crippen molar-refractivity contribution in [1.82, 2.24) is 0 Å². The zero-order valence-corrected chi connectivity index (χ0v) is 13.5. The molecule has 0 aliphatic carbocycles. The van der Waals surface area contributed by atoms with Crippen LogP contribution in [0.1, 0.15) is 23.4 Å². The first-order chi connectivity index (χ1) is 8.63. The number of halogens is 2. The van der Waals surface area contributed by atoms with Crippen LogP contribution in [0, 0.1) is 0 Å². The number of hydrogen-bond acceptors (Lipinski definition) is 2. The monoisotopic (exact) mass is 343 g/mol. The van der Waals surface area contributed by atoms with Crippen molar-refractivity contribution < 1.29 is 0 Å². The first kappa shape index (κ1) is 13.9. The summed E-state index contributed by atoms with van der Waals surface area (Å²) in [6.07, 6.45) is 0. The number of alkyl halides is 1. The highest BCUT2D eigenvalue weighted by atomic mass is 79.9. The summed E-state index contributed by atoms with van der Waals surface area (Å²) in [5.41, 5.74) is 2.44. The molecule has 0 radical (unpaired) electrons. The molecule has 0 aliphatic rings. The third kappa shape index (κ3) is 2.90. The highest BCUT2D eigenvalue weighted by Crippen LogP contribution is 2.33. The molecule has 1 aromatic carbocycles. The fraction of sp³-hybridized carbons (Fsp3) is 0.286. The van der Waals surface area contributed by atoms with Gasteiger partial charge in [-0.2, -0.15) is 0 Å². The summed E-state index contributed by atoms with van der Waals surface area (Å²) in [7, 11) is 2.11. The van der Waals surface area contributed by atoms with E-state index in [1.54, 1.807) is 11.3 Å². The van der Waals surface area contributed by atoms with Gasteiger partial charge in [0, 0.05) is 28.0 Å². The van der Waals surface area contributed by atoms with E-state index in [4.69, 9.17) is 11.6 Å². The maximum Gasteiger partial charge on any atom is 0.0603 e. The van der Waals surface area contributed by atoms with Crippen molar-refractivity contribution >= 4 is 44.6 Å². The largest absolute Gasteiger partial charge is 0.367 e. The quantitative estimate of drug-likeness (QED) is 0.662. The van der Waals surface area contributed by atoms with Crippen LogP contribution in [0.3, 0.4) is 0 Å². The molecule has 18 heavy (non-hydrogen) atoms. The summed E-state index contributed by atoms with van der Waals surface area (Å²) in [6.45, 7) is 2.21. The van der Waals surface area contributed by atoms with Crippen LogP contribution in [0.2, 0.25) is 5.02 Å². The van der Waals surface area contributed by atoms with E-state index in [-0.39, 0.29) is 0 Å². The summed E-state index contributed by atoms with van der Waals surface area (Å²) >= 11 is 11.4. The topological polar surface area (TPSA) is 3.24 Å². The molecule has 0 fully saturated rings. The van der Waals surface area contributed by atoms with Crippen molar-refractivity contribution in [2.75, 3.05) is 11.9 Å². The second-order valence-electron chi connectivity index (χ2n) is 4.21. The van der Waals surface area contributed by atoms with Crippen LogP contribution in [0.4, 0.5) is 5.69 Å². The lowest BCUT2D eigenvalue weighted by Crippen LogP contribution is -2.21. The summed E-state index contributed by atoms with van der Waals surface area (Å²) in [6, 6.07) is 10.6. The Kier molecular flexibility index (Phi) is 4.71. The van der Waals surface area contributed by atoms with Crippen LogP contribution in [-0.4, -0.2) is 7.05 Å². The maximum atomic E-state index is 6.11. The van der Waals surface area contributed by atoms with Gasteiger partial charge in [0.05, 0.1) is 6.04 Å². The van der Waals surface area contributed by atoms with E-state index in [2.05, 4.69) is 58.4 Å². The highest BCUT2D eigenvalue weighted by Gasteiger charge is 2.16. The molecule has 1 aromatic heterocycles. The van der Waals surface area contributed by atoms with E-state index in [0.717, 1.165) is 10.4 Å². The molecule has 0 aliphatic heterocycles. The lowest BCUT2D eigenvalue weighted by molar-refractivity contribution is 0.751. The van der Waals surface area contributed by atoms with Crippen LogP contribution >= 0.6 is 38.9 Å². The number of hydrogen-bond donors (Lipinski definition) is 0. The smallest absolute Gasteiger partial charge is 0.0603 e. The minimum Gasteiger partial charge on any atom is -0.367 e. The molecule has 1 heterocycles. The normalized spacial score (nSPS) is 12.4. The third-order valence-corrected chi connectivity index (χ3v) is 4.99. The second kappa shape index (κ2) is 6.09. The van der Waals surface area contributed by atoms with Gasteiger partial charge in [0.2, 0.25) is 0 Å². The van der Waals surface area contributed by atoms with Gasteiger partial charge in [-0.1, -0.05) is 39.7 Å². The molecule has 2 aromatic rings. The van der Waals surface area contributed by atoms with Gasteiger partial charge in [0.25, 0.3) is 0 Å². The molecular weight excluding hydrogens is 330 g/mol. The van der Waals surface area contributed by atoms with Gasteiger partial charge >= 0.3 is 0 Å². The lowest BCUT2D eigenvalue weighted by Gasteiger charge is -2.28. The first-order valence-corrected chi connectivity index (χ1v) is 8.12. The Labute approximate surface area is 126 Å². The SMILES string of the molecule is CC(c1cccs1)N(C)c1cc(Cl)ccc1CBr. The van der Waals surface area contributed by atoms with Crippen molar-refractivity contribution in [1.29, 1.82) is 0 Å². The Morgan fingerprint density at radius 2 is 2.17 bits per heavy atom. The lowest BCUT2D eigenvalue weighted by atomic mass is 10.1. The van der Waals surface area contributed by atoms with Crippen LogP contribution in [0.5, 0.6) is 0 Å². The molecule has 0 saturated heterocycles. The molecule has 0 amide bonds. The Morgan fingerprint density at radius 1 is 1.39 bits per heavy atom. The summed E-state index contributed by atoms with van der Waals surface area (Å²) in [4.78, 5) is 3.63. The fourth-order valence-electron chi connectivity index (χ4n) is 1.91. The summed E-state index contributed by atoms with van der Waals surface area (Å²) < 4.78 is 0. The highest BCUT2D eigenvalue weighted by molar-refractivity contribution is 9.08. The van der Waals surface area contributed by atoms with Gasteiger partial charge in [0.1, 0.15) is 0 Å². The number of anilines is 1. The van der Waals surface area contributed by atoms with Crippen molar-refractivity contribution in [3.05, 3.63) is 51.2 Å². The number of nitrogens with zero attached hydrogens (tertiary/aromatic N) is 1. The third-order valence-electron chi connectivity index (χ3n) is 3.11. The van der Waals surface area contributed by atoms with E-state index in [1.165, 1.54) is 16.1 Å². The zero-order valence-electron chi connectivity index (χ0n) is 10.4. The van der Waals surface area contributed by atoms with Gasteiger partial charge in [-0.15, -0.1) is 11.3 Å². The molecule has 96 valence electrons. The molecule has 0 bridgehead atoms. The Balaban J connectivity index is 2.33. The Bertz CT molecular complexity index is 513. The zero-order chi connectivity index (χ0) is 13.1. The molecule has 1 atom stereocenters. The fourth-order valence-corrected chi connectivity index (χ4v) is 3.37. The van der Waals surface area contributed by atoms with E-state index in [1.807, 2.05) is 12.1 Å². The minimum absolute atomic E-state index is 0.348. The molecular formula is C14H15BrClNS. The molecule has 2 rings (SSSR count). The van der Waals surface area contributed by atoms with E-state index >= 15 is 0 Å². The van der Waals surface area contributed by atoms with Crippen molar-refractivity contribution in [3.63, 3.8) is 0 Å². The Morgan fingerprint density at radius 3 is 2.78 bits per heavy atom. The second-order valence-corrected chi connectivity index (χ2v) is 6.19. The summed E-state index contributed by atoms with van der Waals surface area (Å²) in [5.74, 6) is 0. The maximum absolute atomic E-state index is 6.11. The van der Waals surface area contributed by atoms with E-state index in [9.17, 15) is 0 Å². The van der Waals surface area contributed by atoms with Gasteiger partial charge in [-0.05, 0) is 36.1 Å². The molecule has 4 heteroatoms. The van der Waals surface area contributed by atoms with Crippen LogP contribution in [0.15, 0.2) is 35.7 Å². The van der Waals surface area contributed by atoms with Gasteiger partial charge < -0.3 is 4.90 Å². The van der Waals surface area contributed by atoms with Crippen molar-refractivity contribution in [2.45, 2.75) is 18.3 Å². The predicted molar refractivity (Wildman–Crippen MR) is 85.2 cm³/mol. The van der Waals surface area contributed by atoms with Gasteiger partial charge in [0.15, 0.2) is 0 Å². The van der Waals surface area contributed by atoms with Gasteiger partial charge in [-0.3, -0.25) is 0 Å². The average molecular weight is 345 g/mol. The molecule has 0 spiro atoms. The average Bonchev–Trinajstić information content (AvgIpc) is 2.90. The summed E-state index contributed by atoms with van der Waals surface area (Å²) in [5, 5.41) is 3.73. The number of rotatable bonds is 4. The predicted octanol–water partition coefficient (Wildman–Crippen LogP) is 5.49. The molecule has 0 saturated carbocycles. The number of benzene rings is 1. The molecule has 0 N–H and O–H groups in total. The number of thiophene rings is 1. The van der Waals surface area contributed by atoms with Crippen LogP contribution in [0.25, 0.3) is 0 Å². The minimum atomic E-state index is 0.348. The van der Waals surface area contributed by atoms with Crippen molar-refractivity contribution in [3.8, 4) is 0 Å². The van der Waals surface area contributed by atoms with Crippen LogP contribution < -0.4 is 4.90 Å². The first-order valence-electron chi connectivity index (χ1n) is 5.74. The van der Waals surface area contributed by atoms with Crippen LogP contribution in [-0.2, 0) is 5.33 Å². The Hall–Kier alpha value is -0.510. The van der Waals surface area contributed by atoms with E-state index < -0.39 is 0 Å².